The zero-order valence-electron chi connectivity index (χ0n) is 21.4. The van der Waals surface area contributed by atoms with Crippen LogP contribution in [0.5, 0.6) is 5.75 Å². The van der Waals surface area contributed by atoms with Gasteiger partial charge in [-0.3, -0.25) is 4.79 Å². The summed E-state index contributed by atoms with van der Waals surface area (Å²) in [7, 11) is 1.87. The van der Waals surface area contributed by atoms with Crippen LogP contribution in [0.3, 0.4) is 0 Å². The Kier molecular flexibility index (Phi) is 15.9. The average molecular weight is 478 g/mol. The van der Waals surface area contributed by atoms with Crippen LogP contribution in [0, 0.1) is 11.3 Å². The SMILES string of the molecule is CC[C@H](C)C(C)(C)C.CNc1nc(CCOc2ccc(CCCC(C)=O)cc2)cs1.NC=O. The van der Waals surface area contributed by atoms with Crippen LogP contribution in [0.2, 0.25) is 0 Å². The molecule has 0 radical (unpaired) electrons. The Balaban J connectivity index is 0.000000780. The number of ketones is 1. The van der Waals surface area contributed by atoms with E-state index in [4.69, 9.17) is 9.53 Å². The van der Waals surface area contributed by atoms with Crippen LogP contribution in [0.25, 0.3) is 0 Å². The Bertz CT molecular complexity index is 783. The number of carbonyl (C=O) groups is 2. The van der Waals surface area contributed by atoms with E-state index in [0.29, 0.717) is 18.4 Å². The molecule has 1 aromatic carbocycles. The molecule has 1 aromatic heterocycles. The number of ether oxygens (including phenoxy) is 1. The van der Waals surface area contributed by atoms with Gasteiger partial charge in [0.2, 0.25) is 6.41 Å². The number of aryl methyl sites for hydroxylation is 1. The number of hydrogen-bond donors (Lipinski definition) is 2. The van der Waals surface area contributed by atoms with Crippen molar-refractivity contribution in [2.75, 3.05) is 19.0 Å². The van der Waals surface area contributed by atoms with Gasteiger partial charge in [-0.15, -0.1) is 11.3 Å². The van der Waals surface area contributed by atoms with Crippen LogP contribution >= 0.6 is 11.3 Å². The summed E-state index contributed by atoms with van der Waals surface area (Å²) in [5.74, 6) is 1.98. The summed E-state index contributed by atoms with van der Waals surface area (Å²) >= 11 is 1.61. The minimum Gasteiger partial charge on any atom is -0.493 e. The summed E-state index contributed by atoms with van der Waals surface area (Å²) in [5, 5.41) is 6.01. The smallest absolute Gasteiger partial charge is 0.204 e. The number of hydrogen-bond acceptors (Lipinski definition) is 6. The van der Waals surface area contributed by atoms with Gasteiger partial charge in [0.05, 0.1) is 12.3 Å². The molecular weight excluding hydrogens is 434 g/mol. The highest BCUT2D eigenvalue weighted by Gasteiger charge is 2.16. The Morgan fingerprint density at radius 1 is 1.24 bits per heavy atom. The molecule has 0 bridgehead atoms. The number of benzene rings is 1. The van der Waals surface area contributed by atoms with Gasteiger partial charge in [0.15, 0.2) is 5.13 Å². The molecule has 1 amide bonds. The number of amides is 1. The van der Waals surface area contributed by atoms with E-state index in [9.17, 15) is 4.79 Å². The third-order valence-corrected chi connectivity index (χ3v) is 6.31. The van der Waals surface area contributed by atoms with E-state index in [0.717, 1.165) is 41.8 Å². The molecule has 33 heavy (non-hydrogen) atoms. The van der Waals surface area contributed by atoms with Crippen LogP contribution in [-0.2, 0) is 22.4 Å². The lowest BCUT2D eigenvalue weighted by atomic mass is 9.81. The fraction of sp³-hybridized carbons (Fsp3) is 0.577. The number of carbonyl (C=O) groups excluding carboxylic acids is 2. The molecule has 0 fully saturated rings. The molecule has 6 nitrogen and oxygen atoms in total. The van der Waals surface area contributed by atoms with Crippen molar-refractivity contribution < 1.29 is 14.3 Å². The molecule has 0 aliphatic rings. The highest BCUT2D eigenvalue weighted by Crippen LogP contribution is 2.27. The zero-order chi connectivity index (χ0) is 25.3. The van der Waals surface area contributed by atoms with E-state index in [2.05, 4.69) is 62.8 Å². The van der Waals surface area contributed by atoms with Crippen molar-refractivity contribution in [3.05, 3.63) is 40.9 Å². The standard InChI is InChI=1S/C17H22N2O2S.C8H18.CH3NO/c1-13(20)4-3-5-14-6-8-16(9-7-14)21-11-10-15-12-22-17(18-2)19-15;1-6-7(2)8(3,4)5;2-1-3/h6-9,12H,3-5,10-11H2,1-2H3,(H,18,19);7H,6H2,1-5H3;1H,(H2,2,3)/t;7-;/m.0./s1. The number of nitrogens with zero attached hydrogens (tertiary/aromatic N) is 1. The molecule has 0 aliphatic carbocycles. The van der Waals surface area contributed by atoms with Crippen molar-refractivity contribution in [3.63, 3.8) is 0 Å². The monoisotopic (exact) mass is 477 g/mol. The molecule has 2 aromatic rings. The second-order valence-electron chi connectivity index (χ2n) is 9.00. The molecule has 0 aliphatic heterocycles. The summed E-state index contributed by atoms with van der Waals surface area (Å²) < 4.78 is 5.74. The number of nitrogens with one attached hydrogen (secondary N) is 1. The van der Waals surface area contributed by atoms with Gasteiger partial charge in [-0.25, -0.2) is 4.98 Å². The fourth-order valence-corrected chi connectivity index (χ4v) is 3.42. The Labute approximate surface area is 204 Å². The van der Waals surface area contributed by atoms with Crippen LogP contribution in [0.15, 0.2) is 29.6 Å². The van der Waals surface area contributed by atoms with Crippen molar-refractivity contribution in [1.82, 2.24) is 4.98 Å². The molecule has 0 unspecified atom stereocenters. The van der Waals surface area contributed by atoms with Gasteiger partial charge in [-0.2, -0.15) is 0 Å². The largest absolute Gasteiger partial charge is 0.493 e. The van der Waals surface area contributed by atoms with Crippen molar-refractivity contribution in [2.45, 2.75) is 73.6 Å². The van der Waals surface area contributed by atoms with E-state index >= 15 is 0 Å². The van der Waals surface area contributed by atoms with Gasteiger partial charge >= 0.3 is 0 Å². The number of primary amides is 1. The molecule has 0 spiro atoms. The van der Waals surface area contributed by atoms with Gasteiger partial charge in [-0.05, 0) is 48.8 Å². The van der Waals surface area contributed by atoms with Gasteiger partial charge in [0.25, 0.3) is 0 Å². The maximum Gasteiger partial charge on any atom is 0.204 e. The Morgan fingerprint density at radius 2 is 1.85 bits per heavy atom. The molecule has 1 heterocycles. The normalized spacial score (nSPS) is 11.2. The summed E-state index contributed by atoms with van der Waals surface area (Å²) in [6.45, 7) is 13.7. The number of aromatic nitrogens is 1. The highest BCUT2D eigenvalue weighted by molar-refractivity contribution is 7.13. The molecule has 3 N–H and O–H groups in total. The minimum absolute atomic E-state index is 0.250. The van der Waals surface area contributed by atoms with Gasteiger partial charge < -0.3 is 20.6 Å². The van der Waals surface area contributed by atoms with Crippen molar-refractivity contribution in [3.8, 4) is 5.75 Å². The van der Waals surface area contributed by atoms with E-state index in [-0.39, 0.29) is 12.2 Å². The number of Topliss-reactive ketones (excluding diaryl/α,β-unsaturated/α-hetero) is 1. The van der Waals surface area contributed by atoms with Gasteiger partial charge in [0.1, 0.15) is 11.5 Å². The van der Waals surface area contributed by atoms with Crippen LogP contribution in [0.4, 0.5) is 5.13 Å². The van der Waals surface area contributed by atoms with Gasteiger partial charge in [0, 0.05) is 25.3 Å². The average Bonchev–Trinajstić information content (AvgIpc) is 3.22. The van der Waals surface area contributed by atoms with E-state index < -0.39 is 0 Å². The zero-order valence-corrected chi connectivity index (χ0v) is 22.3. The highest BCUT2D eigenvalue weighted by atomic mass is 32.1. The maximum absolute atomic E-state index is 10.9. The quantitative estimate of drug-likeness (QED) is 0.416. The summed E-state index contributed by atoms with van der Waals surface area (Å²) in [4.78, 5) is 23.9. The Hall–Kier alpha value is -2.41. The number of nitrogens with two attached hydrogens (primary N) is 1. The van der Waals surface area contributed by atoms with Crippen molar-refractivity contribution in [1.29, 1.82) is 0 Å². The molecule has 0 saturated carbocycles. The van der Waals surface area contributed by atoms with Gasteiger partial charge in [-0.1, -0.05) is 53.2 Å². The first-order valence-electron chi connectivity index (χ1n) is 11.6. The summed E-state index contributed by atoms with van der Waals surface area (Å²) in [6.07, 6.45) is 4.85. The Morgan fingerprint density at radius 3 is 2.27 bits per heavy atom. The van der Waals surface area contributed by atoms with Crippen LogP contribution in [-0.4, -0.2) is 30.8 Å². The number of thiazole rings is 1. The molecular formula is C26H43N3O3S. The second kappa shape index (κ2) is 17.1. The van der Waals surface area contributed by atoms with Crippen LogP contribution < -0.4 is 15.8 Å². The first kappa shape index (κ1) is 30.6. The van der Waals surface area contributed by atoms with E-state index in [1.165, 1.54) is 12.0 Å². The molecule has 0 saturated heterocycles. The topological polar surface area (TPSA) is 94.3 Å². The second-order valence-corrected chi connectivity index (χ2v) is 9.86. The van der Waals surface area contributed by atoms with E-state index in [1.807, 2.05) is 24.6 Å². The summed E-state index contributed by atoms with van der Waals surface area (Å²) in [5.41, 5.74) is 6.97. The number of anilines is 1. The lowest BCUT2D eigenvalue weighted by Gasteiger charge is -2.25. The molecule has 1 atom stereocenters. The predicted molar refractivity (Wildman–Crippen MR) is 140 cm³/mol. The third-order valence-electron chi connectivity index (χ3n) is 5.40. The first-order valence-corrected chi connectivity index (χ1v) is 12.4. The molecule has 186 valence electrons. The van der Waals surface area contributed by atoms with Crippen molar-refractivity contribution in [2.24, 2.45) is 17.1 Å². The lowest BCUT2D eigenvalue weighted by Crippen LogP contribution is -2.15. The maximum atomic E-state index is 10.9. The predicted octanol–water partition coefficient (Wildman–Crippen LogP) is 5.90. The van der Waals surface area contributed by atoms with Crippen molar-refractivity contribution >= 4 is 28.7 Å². The minimum atomic E-state index is 0.250. The summed E-state index contributed by atoms with van der Waals surface area (Å²) in [6, 6.07) is 8.11. The van der Waals surface area contributed by atoms with E-state index in [1.54, 1.807) is 18.3 Å². The molecule has 2 rings (SSSR count). The third kappa shape index (κ3) is 15.1. The lowest BCUT2D eigenvalue weighted by molar-refractivity contribution is -0.117. The first-order chi connectivity index (χ1) is 15.6. The van der Waals surface area contributed by atoms with Crippen LogP contribution in [0.1, 0.15) is 72.1 Å². The number of rotatable bonds is 10. The fourth-order valence-electron chi connectivity index (χ4n) is 2.72. The molecule has 7 heteroatoms.